The Morgan fingerprint density at radius 3 is 2.95 bits per heavy atom. The molecule has 1 unspecified atom stereocenters. The van der Waals surface area contributed by atoms with Crippen molar-refractivity contribution in [3.8, 4) is 0 Å². The molecule has 5 nitrogen and oxygen atoms in total. The second-order valence-electron chi connectivity index (χ2n) is 5.37. The number of carbonyl (C=O) groups excluding carboxylic acids is 2. The standard InChI is InChI=1S/C16H23N3O2/c1-2-8-18-15(20)12-5-3-7-14(10-12)19-16(21)13-6-4-9-17-11-13/h3,5,7,10,13,17H,2,4,6,8-9,11H2,1H3,(H,18,20)(H,19,21). The van der Waals surface area contributed by atoms with E-state index in [0.29, 0.717) is 17.8 Å². The first-order valence-corrected chi connectivity index (χ1v) is 7.60. The summed E-state index contributed by atoms with van der Waals surface area (Å²) in [5.74, 6) is -0.0723. The fourth-order valence-corrected chi connectivity index (χ4v) is 2.40. The molecule has 0 bridgehead atoms. The third-order valence-corrected chi connectivity index (χ3v) is 3.60. The number of hydrogen-bond acceptors (Lipinski definition) is 3. The molecule has 1 saturated heterocycles. The van der Waals surface area contributed by atoms with Gasteiger partial charge < -0.3 is 16.0 Å². The molecule has 0 radical (unpaired) electrons. The monoisotopic (exact) mass is 289 g/mol. The number of hydrogen-bond donors (Lipinski definition) is 3. The third kappa shape index (κ3) is 4.56. The molecule has 1 fully saturated rings. The van der Waals surface area contributed by atoms with Gasteiger partial charge in [-0.25, -0.2) is 0 Å². The van der Waals surface area contributed by atoms with Crippen LogP contribution in [0.4, 0.5) is 5.69 Å². The molecule has 21 heavy (non-hydrogen) atoms. The maximum absolute atomic E-state index is 12.2. The van der Waals surface area contributed by atoms with E-state index in [9.17, 15) is 9.59 Å². The average Bonchev–Trinajstić information content (AvgIpc) is 2.53. The summed E-state index contributed by atoms with van der Waals surface area (Å²) in [5.41, 5.74) is 1.25. The molecule has 5 heteroatoms. The van der Waals surface area contributed by atoms with E-state index in [2.05, 4.69) is 16.0 Å². The Kier molecular flexibility index (Phi) is 5.75. The van der Waals surface area contributed by atoms with Gasteiger partial charge in [0.25, 0.3) is 5.91 Å². The molecule has 1 atom stereocenters. The Labute approximate surface area is 125 Å². The second-order valence-corrected chi connectivity index (χ2v) is 5.37. The lowest BCUT2D eigenvalue weighted by molar-refractivity contribution is -0.120. The van der Waals surface area contributed by atoms with Crippen LogP contribution < -0.4 is 16.0 Å². The van der Waals surface area contributed by atoms with Crippen LogP contribution in [-0.4, -0.2) is 31.4 Å². The summed E-state index contributed by atoms with van der Waals surface area (Å²) in [4.78, 5) is 24.1. The van der Waals surface area contributed by atoms with Crippen molar-refractivity contribution in [1.29, 1.82) is 0 Å². The zero-order chi connectivity index (χ0) is 15.1. The van der Waals surface area contributed by atoms with Gasteiger partial charge in [0.2, 0.25) is 5.91 Å². The van der Waals surface area contributed by atoms with E-state index in [-0.39, 0.29) is 17.7 Å². The van der Waals surface area contributed by atoms with Gasteiger partial charge in [-0.05, 0) is 44.0 Å². The third-order valence-electron chi connectivity index (χ3n) is 3.60. The number of amides is 2. The van der Waals surface area contributed by atoms with Crippen LogP contribution in [-0.2, 0) is 4.79 Å². The molecular weight excluding hydrogens is 266 g/mol. The maximum Gasteiger partial charge on any atom is 0.251 e. The highest BCUT2D eigenvalue weighted by Crippen LogP contribution is 2.15. The molecule has 0 saturated carbocycles. The lowest BCUT2D eigenvalue weighted by Crippen LogP contribution is -2.37. The Bertz CT molecular complexity index is 496. The molecule has 1 aliphatic rings. The molecule has 1 aromatic rings. The summed E-state index contributed by atoms with van der Waals surface area (Å²) < 4.78 is 0. The maximum atomic E-state index is 12.2. The molecule has 2 amide bonds. The highest BCUT2D eigenvalue weighted by Gasteiger charge is 2.21. The smallest absolute Gasteiger partial charge is 0.251 e. The van der Waals surface area contributed by atoms with Crippen LogP contribution in [0, 0.1) is 5.92 Å². The predicted octanol–water partition coefficient (Wildman–Crippen LogP) is 1.76. The van der Waals surface area contributed by atoms with Crippen LogP contribution in [0.25, 0.3) is 0 Å². The SMILES string of the molecule is CCCNC(=O)c1cccc(NC(=O)C2CCCNC2)c1. The summed E-state index contributed by atoms with van der Waals surface area (Å²) in [7, 11) is 0. The number of carbonyl (C=O) groups is 2. The van der Waals surface area contributed by atoms with Crippen LogP contribution in [0.3, 0.4) is 0 Å². The van der Waals surface area contributed by atoms with E-state index in [4.69, 9.17) is 0 Å². The van der Waals surface area contributed by atoms with Crippen LogP contribution in [0.2, 0.25) is 0 Å². The van der Waals surface area contributed by atoms with Crippen molar-refractivity contribution in [3.05, 3.63) is 29.8 Å². The molecule has 1 heterocycles. The molecule has 2 rings (SSSR count). The Morgan fingerprint density at radius 1 is 1.38 bits per heavy atom. The number of anilines is 1. The summed E-state index contributed by atoms with van der Waals surface area (Å²) in [5, 5.41) is 8.96. The summed E-state index contributed by atoms with van der Waals surface area (Å²) in [6.07, 6.45) is 2.84. The number of benzene rings is 1. The average molecular weight is 289 g/mol. The number of nitrogens with one attached hydrogen (secondary N) is 3. The van der Waals surface area contributed by atoms with Crippen molar-refractivity contribution in [2.24, 2.45) is 5.92 Å². The lowest BCUT2D eigenvalue weighted by Gasteiger charge is -2.22. The highest BCUT2D eigenvalue weighted by molar-refractivity contribution is 5.97. The molecule has 114 valence electrons. The lowest BCUT2D eigenvalue weighted by atomic mass is 9.98. The van der Waals surface area contributed by atoms with Crippen LogP contribution in [0.5, 0.6) is 0 Å². The van der Waals surface area contributed by atoms with Crippen LogP contribution in [0.1, 0.15) is 36.5 Å². The van der Waals surface area contributed by atoms with Crippen molar-refractivity contribution >= 4 is 17.5 Å². The van der Waals surface area contributed by atoms with Gasteiger partial charge in [0, 0.05) is 24.3 Å². The van der Waals surface area contributed by atoms with Gasteiger partial charge in [-0.15, -0.1) is 0 Å². The van der Waals surface area contributed by atoms with Crippen molar-refractivity contribution in [1.82, 2.24) is 10.6 Å². The van der Waals surface area contributed by atoms with Gasteiger partial charge in [-0.2, -0.15) is 0 Å². The zero-order valence-corrected chi connectivity index (χ0v) is 12.4. The molecule has 3 N–H and O–H groups in total. The van der Waals surface area contributed by atoms with Crippen LogP contribution in [0.15, 0.2) is 24.3 Å². The first-order chi connectivity index (χ1) is 10.2. The van der Waals surface area contributed by atoms with Gasteiger partial charge in [0.05, 0.1) is 5.92 Å². The van der Waals surface area contributed by atoms with Crippen molar-refractivity contribution in [2.45, 2.75) is 26.2 Å². The van der Waals surface area contributed by atoms with Gasteiger partial charge in [0.1, 0.15) is 0 Å². The topological polar surface area (TPSA) is 70.2 Å². The Hall–Kier alpha value is -1.88. The molecular formula is C16H23N3O2. The summed E-state index contributed by atoms with van der Waals surface area (Å²) in [6, 6.07) is 7.07. The number of rotatable bonds is 5. The first-order valence-electron chi connectivity index (χ1n) is 7.60. The van der Waals surface area contributed by atoms with E-state index in [1.54, 1.807) is 18.2 Å². The Balaban J connectivity index is 1.96. The van der Waals surface area contributed by atoms with E-state index in [0.717, 1.165) is 32.4 Å². The number of piperidine rings is 1. The van der Waals surface area contributed by atoms with E-state index < -0.39 is 0 Å². The van der Waals surface area contributed by atoms with E-state index in [1.165, 1.54) is 0 Å². The fraction of sp³-hybridized carbons (Fsp3) is 0.500. The largest absolute Gasteiger partial charge is 0.352 e. The van der Waals surface area contributed by atoms with Gasteiger partial charge in [-0.1, -0.05) is 13.0 Å². The molecule has 0 aliphatic carbocycles. The normalized spacial score (nSPS) is 18.0. The molecule has 1 aliphatic heterocycles. The quantitative estimate of drug-likeness (QED) is 0.773. The van der Waals surface area contributed by atoms with Crippen molar-refractivity contribution in [2.75, 3.05) is 25.0 Å². The van der Waals surface area contributed by atoms with Crippen LogP contribution >= 0.6 is 0 Å². The van der Waals surface area contributed by atoms with Gasteiger partial charge >= 0.3 is 0 Å². The highest BCUT2D eigenvalue weighted by atomic mass is 16.2. The summed E-state index contributed by atoms with van der Waals surface area (Å²) in [6.45, 7) is 4.37. The van der Waals surface area contributed by atoms with E-state index in [1.807, 2.05) is 13.0 Å². The van der Waals surface area contributed by atoms with Gasteiger partial charge in [-0.3, -0.25) is 9.59 Å². The minimum atomic E-state index is -0.104. The Morgan fingerprint density at radius 2 is 2.24 bits per heavy atom. The van der Waals surface area contributed by atoms with Gasteiger partial charge in [0.15, 0.2) is 0 Å². The first kappa shape index (κ1) is 15.5. The van der Waals surface area contributed by atoms with E-state index >= 15 is 0 Å². The summed E-state index contributed by atoms with van der Waals surface area (Å²) >= 11 is 0. The second kappa shape index (κ2) is 7.78. The van der Waals surface area contributed by atoms with Crippen molar-refractivity contribution in [3.63, 3.8) is 0 Å². The molecule has 0 aromatic heterocycles. The van der Waals surface area contributed by atoms with Crippen molar-refractivity contribution < 1.29 is 9.59 Å². The minimum Gasteiger partial charge on any atom is -0.352 e. The fourth-order valence-electron chi connectivity index (χ4n) is 2.40. The minimum absolute atomic E-state index is 0.0105. The molecule has 1 aromatic carbocycles. The molecule has 0 spiro atoms. The predicted molar refractivity (Wildman–Crippen MR) is 83.3 cm³/mol. The zero-order valence-electron chi connectivity index (χ0n) is 12.4.